The number of fused-ring (bicyclic) bond motifs is 2. The molecule has 3 rings (SSSR count). The molecule has 0 spiro atoms. The molecule has 1 saturated carbocycles. The Morgan fingerprint density at radius 1 is 1.25 bits per heavy atom. The Balaban J connectivity index is 1.94. The molecular formula is C11H14O. The van der Waals surface area contributed by atoms with Gasteiger partial charge in [-0.05, 0) is 35.3 Å². The molecule has 0 aromatic carbocycles. The van der Waals surface area contributed by atoms with Gasteiger partial charge in [0.15, 0.2) is 0 Å². The molecule has 3 unspecified atom stereocenters. The highest BCUT2D eigenvalue weighted by Crippen LogP contribution is 2.52. The Morgan fingerprint density at radius 3 is 2.83 bits per heavy atom. The van der Waals surface area contributed by atoms with E-state index in [1.54, 1.807) is 5.57 Å². The van der Waals surface area contributed by atoms with E-state index in [2.05, 4.69) is 19.1 Å². The first-order valence-electron chi connectivity index (χ1n) is 4.86. The Kier molecular flexibility index (Phi) is 1.28. The van der Waals surface area contributed by atoms with Gasteiger partial charge in [0.2, 0.25) is 0 Å². The van der Waals surface area contributed by atoms with Gasteiger partial charge in [0.05, 0.1) is 13.2 Å². The van der Waals surface area contributed by atoms with Crippen molar-refractivity contribution in [2.45, 2.75) is 13.3 Å². The third kappa shape index (κ3) is 0.831. The summed E-state index contributed by atoms with van der Waals surface area (Å²) in [6.45, 7) is 4.14. The fraction of sp³-hybridized carbons (Fsp3) is 0.636. The lowest BCUT2D eigenvalue weighted by Crippen LogP contribution is -2.13. The number of rotatable bonds is 0. The number of hydrogen-bond acceptors (Lipinski definition) is 1. The molecule has 0 amide bonds. The highest BCUT2D eigenvalue weighted by Gasteiger charge is 2.46. The summed E-state index contributed by atoms with van der Waals surface area (Å²) in [5.74, 6) is 2.63. The predicted molar refractivity (Wildman–Crippen MR) is 47.7 cm³/mol. The van der Waals surface area contributed by atoms with Crippen molar-refractivity contribution in [3.05, 3.63) is 23.3 Å². The summed E-state index contributed by atoms with van der Waals surface area (Å²) in [6.07, 6.45) is 6.08. The van der Waals surface area contributed by atoms with E-state index >= 15 is 0 Å². The van der Waals surface area contributed by atoms with Crippen LogP contribution in [0.1, 0.15) is 13.3 Å². The monoisotopic (exact) mass is 162 g/mol. The van der Waals surface area contributed by atoms with Crippen LogP contribution in [0.25, 0.3) is 0 Å². The van der Waals surface area contributed by atoms with Gasteiger partial charge in [0.25, 0.3) is 0 Å². The van der Waals surface area contributed by atoms with E-state index in [4.69, 9.17) is 4.74 Å². The molecule has 12 heavy (non-hydrogen) atoms. The van der Waals surface area contributed by atoms with E-state index in [1.165, 1.54) is 5.57 Å². The van der Waals surface area contributed by atoms with Crippen LogP contribution in [0.3, 0.4) is 0 Å². The summed E-state index contributed by atoms with van der Waals surface area (Å²) in [6, 6.07) is 0. The average molecular weight is 162 g/mol. The van der Waals surface area contributed by atoms with Gasteiger partial charge < -0.3 is 4.74 Å². The van der Waals surface area contributed by atoms with Crippen molar-refractivity contribution in [1.82, 2.24) is 0 Å². The second kappa shape index (κ2) is 2.23. The molecule has 0 aromatic rings. The molecule has 3 aliphatic rings. The maximum Gasteiger partial charge on any atom is 0.0716 e. The van der Waals surface area contributed by atoms with Gasteiger partial charge in [-0.2, -0.15) is 0 Å². The van der Waals surface area contributed by atoms with Crippen molar-refractivity contribution in [1.29, 1.82) is 0 Å². The van der Waals surface area contributed by atoms with Crippen LogP contribution in [0.15, 0.2) is 23.3 Å². The van der Waals surface area contributed by atoms with Crippen molar-refractivity contribution < 1.29 is 4.74 Å². The summed E-state index contributed by atoms with van der Waals surface area (Å²) >= 11 is 0. The minimum atomic E-state index is 0.852. The van der Waals surface area contributed by atoms with Gasteiger partial charge in [-0.3, -0.25) is 0 Å². The smallest absolute Gasteiger partial charge is 0.0716 e. The van der Waals surface area contributed by atoms with Crippen molar-refractivity contribution in [2.24, 2.45) is 17.8 Å². The first-order valence-corrected chi connectivity index (χ1v) is 4.86. The zero-order valence-electron chi connectivity index (χ0n) is 7.42. The molecule has 64 valence electrons. The van der Waals surface area contributed by atoms with E-state index in [0.29, 0.717) is 0 Å². The fourth-order valence-corrected chi connectivity index (χ4v) is 2.48. The minimum absolute atomic E-state index is 0.852. The van der Waals surface area contributed by atoms with Crippen LogP contribution in [0, 0.1) is 17.8 Å². The number of hydrogen-bond donors (Lipinski definition) is 0. The lowest BCUT2D eigenvalue weighted by atomic mass is 9.95. The van der Waals surface area contributed by atoms with Crippen LogP contribution in [-0.4, -0.2) is 13.2 Å². The Bertz CT molecular complexity index is 247. The Labute approximate surface area is 73.1 Å². The van der Waals surface area contributed by atoms with Crippen LogP contribution in [0.5, 0.6) is 0 Å². The maximum atomic E-state index is 5.43. The molecule has 0 bridgehead atoms. The van der Waals surface area contributed by atoms with E-state index in [0.717, 1.165) is 37.4 Å². The van der Waals surface area contributed by atoms with Crippen LogP contribution in [-0.2, 0) is 4.74 Å². The minimum Gasteiger partial charge on any atom is -0.376 e. The molecule has 0 aromatic heterocycles. The SMILES string of the molecule is CC1C2C=C3CCOCC3=CC12. The van der Waals surface area contributed by atoms with Crippen LogP contribution >= 0.6 is 0 Å². The highest BCUT2D eigenvalue weighted by molar-refractivity contribution is 5.41. The normalized spacial score (nSPS) is 43.9. The molecule has 0 radical (unpaired) electrons. The summed E-state index contributed by atoms with van der Waals surface area (Å²) in [5, 5.41) is 0. The van der Waals surface area contributed by atoms with E-state index in [1.807, 2.05) is 0 Å². The molecule has 1 heterocycles. The van der Waals surface area contributed by atoms with Crippen molar-refractivity contribution >= 4 is 0 Å². The molecular weight excluding hydrogens is 148 g/mol. The molecule has 1 saturated heterocycles. The lowest BCUT2D eigenvalue weighted by Gasteiger charge is -2.21. The number of allylic oxidation sites excluding steroid dienone is 2. The molecule has 1 heteroatoms. The zero-order chi connectivity index (χ0) is 8.13. The topological polar surface area (TPSA) is 9.23 Å². The van der Waals surface area contributed by atoms with Gasteiger partial charge in [0.1, 0.15) is 0 Å². The predicted octanol–water partition coefficient (Wildman–Crippen LogP) is 2.16. The Morgan fingerprint density at radius 2 is 2.00 bits per heavy atom. The summed E-state index contributed by atoms with van der Waals surface area (Å²) in [4.78, 5) is 0. The van der Waals surface area contributed by atoms with Crippen molar-refractivity contribution in [3.63, 3.8) is 0 Å². The van der Waals surface area contributed by atoms with Gasteiger partial charge in [-0.25, -0.2) is 0 Å². The second-order valence-electron chi connectivity index (χ2n) is 4.20. The molecule has 1 nitrogen and oxygen atoms in total. The standard InChI is InChI=1S/C11H14O/c1-7-10-4-8-2-3-12-6-9(8)5-11(7)10/h4-5,7,10-11H,2-3,6H2,1H3. The lowest BCUT2D eigenvalue weighted by molar-refractivity contribution is 0.145. The second-order valence-corrected chi connectivity index (χ2v) is 4.20. The van der Waals surface area contributed by atoms with Crippen LogP contribution in [0.4, 0.5) is 0 Å². The van der Waals surface area contributed by atoms with E-state index < -0.39 is 0 Å². The summed E-state index contributed by atoms with van der Waals surface area (Å²) in [5.41, 5.74) is 3.05. The molecule has 3 atom stereocenters. The van der Waals surface area contributed by atoms with Crippen LogP contribution in [0.2, 0.25) is 0 Å². The third-order valence-electron chi connectivity index (χ3n) is 3.49. The molecule has 2 aliphatic carbocycles. The first-order chi connectivity index (χ1) is 5.86. The zero-order valence-corrected chi connectivity index (χ0v) is 7.42. The van der Waals surface area contributed by atoms with E-state index in [9.17, 15) is 0 Å². The Hall–Kier alpha value is -0.560. The average Bonchev–Trinajstić information content (AvgIpc) is 2.74. The highest BCUT2D eigenvalue weighted by atomic mass is 16.5. The van der Waals surface area contributed by atoms with Gasteiger partial charge in [0, 0.05) is 0 Å². The molecule has 1 aliphatic heterocycles. The van der Waals surface area contributed by atoms with Gasteiger partial charge in [-0.15, -0.1) is 0 Å². The fourth-order valence-electron chi connectivity index (χ4n) is 2.48. The van der Waals surface area contributed by atoms with Crippen LogP contribution < -0.4 is 0 Å². The molecule has 0 N–H and O–H groups in total. The maximum absolute atomic E-state index is 5.43. The first kappa shape index (κ1) is 6.90. The van der Waals surface area contributed by atoms with Gasteiger partial charge in [-0.1, -0.05) is 19.1 Å². The van der Waals surface area contributed by atoms with Crippen molar-refractivity contribution in [3.8, 4) is 0 Å². The third-order valence-corrected chi connectivity index (χ3v) is 3.49. The summed E-state index contributed by atoms with van der Waals surface area (Å²) in [7, 11) is 0. The largest absolute Gasteiger partial charge is 0.376 e. The van der Waals surface area contributed by atoms with Crippen molar-refractivity contribution in [2.75, 3.05) is 13.2 Å². The van der Waals surface area contributed by atoms with E-state index in [-0.39, 0.29) is 0 Å². The summed E-state index contributed by atoms with van der Waals surface area (Å²) < 4.78 is 5.43. The number of ether oxygens (including phenoxy) is 1. The van der Waals surface area contributed by atoms with Gasteiger partial charge >= 0.3 is 0 Å². The molecule has 2 fully saturated rings. The quantitative estimate of drug-likeness (QED) is 0.530.